The fourth-order valence-electron chi connectivity index (χ4n) is 4.99. The number of carbonyl (C=O) groups excluding carboxylic acids is 3. The van der Waals surface area contributed by atoms with Crippen LogP contribution in [-0.4, -0.2) is 67.0 Å². The molecule has 2 aliphatic heterocycles. The lowest BCUT2D eigenvalue weighted by Gasteiger charge is -2.60. The first-order valence-electron chi connectivity index (χ1n) is 10.3. The monoisotopic (exact) mass is 423 g/mol. The van der Waals surface area contributed by atoms with Crippen molar-refractivity contribution in [2.75, 3.05) is 27.2 Å². The van der Waals surface area contributed by atoms with Gasteiger partial charge in [0.1, 0.15) is 6.04 Å². The van der Waals surface area contributed by atoms with E-state index < -0.39 is 17.4 Å². The third-order valence-electron chi connectivity index (χ3n) is 6.53. The van der Waals surface area contributed by atoms with E-state index in [0.29, 0.717) is 32.4 Å². The lowest BCUT2D eigenvalue weighted by molar-refractivity contribution is -0.178. The minimum Gasteiger partial charge on any atom is -0.467 e. The fourth-order valence-corrected chi connectivity index (χ4v) is 5.15. The quantitative estimate of drug-likeness (QED) is 0.544. The molecule has 0 radical (unpaired) electrons. The highest BCUT2D eigenvalue weighted by atomic mass is 35.5. The molecular weight excluding hydrogens is 394 g/mol. The smallest absolute Gasteiger partial charge is 0.328 e. The Morgan fingerprint density at radius 1 is 1.38 bits per heavy atom. The molecule has 0 bridgehead atoms. The van der Waals surface area contributed by atoms with E-state index in [1.165, 1.54) is 7.11 Å². The second-order valence-electron chi connectivity index (χ2n) is 8.17. The Bertz CT molecular complexity index is 727. The molecule has 3 amide bonds. The summed E-state index contributed by atoms with van der Waals surface area (Å²) in [4.78, 5) is 40.9. The SMILES string of the molecule is CCC[C@H](NC(=O)N1CCC2(CC1)C(=O)N(C)C2C1C=CC(Cl)=CC1)C(=O)OC. The van der Waals surface area contributed by atoms with Crippen molar-refractivity contribution in [2.45, 2.75) is 51.1 Å². The van der Waals surface area contributed by atoms with Crippen LogP contribution in [0.5, 0.6) is 0 Å². The summed E-state index contributed by atoms with van der Waals surface area (Å²) in [5.74, 6) is -0.0239. The number of likely N-dealkylation sites (tertiary alicyclic amines) is 2. The molecule has 160 valence electrons. The molecule has 0 aromatic rings. The summed E-state index contributed by atoms with van der Waals surface area (Å²) in [6.07, 6.45) is 9.39. The molecule has 2 unspecified atom stereocenters. The van der Waals surface area contributed by atoms with Gasteiger partial charge in [0.2, 0.25) is 5.91 Å². The molecule has 3 aliphatic rings. The topological polar surface area (TPSA) is 79.0 Å². The number of allylic oxidation sites excluding steroid dienone is 3. The van der Waals surface area contributed by atoms with Gasteiger partial charge in [0, 0.05) is 31.1 Å². The standard InChI is InChI=1S/C21H30ClN3O4/c1-4-5-16(18(26)29-3)23-20(28)25-12-10-21(11-13-25)17(24(2)19(21)27)14-6-8-15(22)9-7-14/h6,8-9,14,16-17H,4-5,7,10-13H2,1-3H3,(H,23,28)/t14?,16-,17?/m0/s1. The maximum Gasteiger partial charge on any atom is 0.328 e. The van der Waals surface area contributed by atoms with Crippen LogP contribution in [0.25, 0.3) is 0 Å². The Labute approximate surface area is 177 Å². The molecule has 1 aliphatic carbocycles. The van der Waals surface area contributed by atoms with Gasteiger partial charge in [-0.15, -0.1) is 0 Å². The molecule has 7 nitrogen and oxygen atoms in total. The van der Waals surface area contributed by atoms with Crippen LogP contribution in [0, 0.1) is 11.3 Å². The van der Waals surface area contributed by atoms with E-state index in [4.69, 9.17) is 16.3 Å². The van der Waals surface area contributed by atoms with Crippen LogP contribution in [0.1, 0.15) is 39.0 Å². The van der Waals surface area contributed by atoms with Crippen molar-refractivity contribution in [1.29, 1.82) is 0 Å². The van der Waals surface area contributed by atoms with Crippen molar-refractivity contribution in [3.63, 3.8) is 0 Å². The summed E-state index contributed by atoms with van der Waals surface area (Å²) in [6.45, 7) is 2.94. The summed E-state index contributed by atoms with van der Waals surface area (Å²) in [5.41, 5.74) is -0.413. The molecule has 2 fully saturated rings. The lowest BCUT2D eigenvalue weighted by Crippen LogP contribution is -2.72. The Morgan fingerprint density at radius 2 is 2.07 bits per heavy atom. The number of ether oxygens (including phenoxy) is 1. The molecule has 2 saturated heterocycles. The van der Waals surface area contributed by atoms with Gasteiger partial charge in [-0.05, 0) is 31.8 Å². The first-order chi connectivity index (χ1) is 13.8. The number of β-lactam (4-membered cyclic amide) rings is 1. The number of hydrogen-bond donors (Lipinski definition) is 1. The van der Waals surface area contributed by atoms with Crippen LogP contribution in [0.3, 0.4) is 0 Å². The van der Waals surface area contributed by atoms with Crippen LogP contribution in [0.2, 0.25) is 0 Å². The van der Waals surface area contributed by atoms with E-state index in [9.17, 15) is 14.4 Å². The highest BCUT2D eigenvalue weighted by Crippen LogP contribution is 2.51. The summed E-state index contributed by atoms with van der Waals surface area (Å²) in [6, 6.07) is -0.783. The van der Waals surface area contributed by atoms with E-state index in [-0.39, 0.29) is 23.9 Å². The molecule has 3 atom stereocenters. The molecule has 0 aromatic carbocycles. The number of halogens is 1. The molecule has 1 N–H and O–H groups in total. The summed E-state index contributed by atoms with van der Waals surface area (Å²) in [7, 11) is 3.18. The number of piperidine rings is 1. The van der Waals surface area contributed by atoms with E-state index in [0.717, 1.165) is 17.9 Å². The van der Waals surface area contributed by atoms with Gasteiger partial charge in [-0.3, -0.25) is 4.79 Å². The molecule has 0 aromatic heterocycles. The van der Waals surface area contributed by atoms with Gasteiger partial charge >= 0.3 is 12.0 Å². The zero-order chi connectivity index (χ0) is 21.2. The maximum atomic E-state index is 12.8. The molecular formula is C21H30ClN3O4. The lowest BCUT2D eigenvalue weighted by atomic mass is 9.60. The number of nitrogens with one attached hydrogen (secondary N) is 1. The van der Waals surface area contributed by atoms with Gasteiger partial charge in [0.15, 0.2) is 0 Å². The Balaban J connectivity index is 1.62. The van der Waals surface area contributed by atoms with E-state index >= 15 is 0 Å². The number of hydrogen-bond acceptors (Lipinski definition) is 4. The minimum absolute atomic E-state index is 0.125. The second-order valence-corrected chi connectivity index (χ2v) is 8.60. The molecule has 8 heteroatoms. The van der Waals surface area contributed by atoms with Crippen molar-refractivity contribution in [3.8, 4) is 0 Å². The van der Waals surface area contributed by atoms with Gasteiger partial charge in [-0.25, -0.2) is 9.59 Å². The Hall–Kier alpha value is -2.02. The van der Waals surface area contributed by atoms with Crippen LogP contribution < -0.4 is 5.32 Å². The number of amides is 3. The minimum atomic E-state index is -0.637. The van der Waals surface area contributed by atoms with Crippen LogP contribution in [-0.2, 0) is 14.3 Å². The van der Waals surface area contributed by atoms with Gasteiger partial charge in [-0.2, -0.15) is 0 Å². The molecule has 0 saturated carbocycles. The third-order valence-corrected chi connectivity index (χ3v) is 6.81. The first kappa shape index (κ1) is 21.7. The third kappa shape index (κ3) is 4.02. The molecule has 3 rings (SSSR count). The number of nitrogens with zero attached hydrogens (tertiary/aromatic N) is 2. The van der Waals surface area contributed by atoms with Crippen molar-refractivity contribution < 1.29 is 19.1 Å². The average Bonchev–Trinajstić information content (AvgIpc) is 2.74. The zero-order valence-corrected chi connectivity index (χ0v) is 18.1. The van der Waals surface area contributed by atoms with Crippen molar-refractivity contribution in [1.82, 2.24) is 15.1 Å². The molecule has 1 spiro atoms. The average molecular weight is 424 g/mol. The maximum absolute atomic E-state index is 12.8. The Morgan fingerprint density at radius 3 is 2.62 bits per heavy atom. The zero-order valence-electron chi connectivity index (χ0n) is 17.3. The van der Waals surface area contributed by atoms with Gasteiger partial charge in [-0.1, -0.05) is 37.1 Å². The van der Waals surface area contributed by atoms with Gasteiger partial charge in [0.25, 0.3) is 0 Å². The van der Waals surface area contributed by atoms with E-state index in [2.05, 4.69) is 11.4 Å². The summed E-state index contributed by atoms with van der Waals surface area (Å²) < 4.78 is 4.78. The number of carbonyl (C=O) groups is 3. The number of rotatable bonds is 5. The van der Waals surface area contributed by atoms with Crippen LogP contribution in [0.4, 0.5) is 4.79 Å². The van der Waals surface area contributed by atoms with Crippen molar-refractivity contribution >= 4 is 29.5 Å². The van der Waals surface area contributed by atoms with Crippen LogP contribution >= 0.6 is 11.6 Å². The van der Waals surface area contributed by atoms with Gasteiger partial charge < -0.3 is 19.9 Å². The van der Waals surface area contributed by atoms with E-state index in [1.807, 2.05) is 31.0 Å². The predicted octanol–water partition coefficient (Wildman–Crippen LogP) is 2.66. The highest BCUT2D eigenvalue weighted by Gasteiger charge is 2.61. The van der Waals surface area contributed by atoms with Crippen LogP contribution in [0.15, 0.2) is 23.3 Å². The number of urea groups is 1. The predicted molar refractivity (Wildman–Crippen MR) is 110 cm³/mol. The normalized spacial score (nSPS) is 26.6. The molecule has 29 heavy (non-hydrogen) atoms. The number of esters is 1. The Kier molecular flexibility index (Phi) is 6.56. The first-order valence-corrected chi connectivity index (χ1v) is 10.7. The highest BCUT2D eigenvalue weighted by molar-refractivity contribution is 6.31. The fraction of sp³-hybridized carbons (Fsp3) is 0.667. The van der Waals surface area contributed by atoms with Crippen molar-refractivity contribution in [3.05, 3.63) is 23.3 Å². The second kappa shape index (κ2) is 8.78. The molecule has 2 heterocycles. The van der Waals surface area contributed by atoms with E-state index in [1.54, 1.807) is 4.90 Å². The number of methoxy groups -OCH3 is 1. The summed E-state index contributed by atoms with van der Waals surface area (Å²) in [5, 5.41) is 3.52. The van der Waals surface area contributed by atoms with Gasteiger partial charge in [0.05, 0.1) is 18.6 Å². The largest absolute Gasteiger partial charge is 0.467 e. The van der Waals surface area contributed by atoms with Crippen molar-refractivity contribution in [2.24, 2.45) is 11.3 Å². The summed E-state index contributed by atoms with van der Waals surface area (Å²) >= 11 is 6.05.